The summed E-state index contributed by atoms with van der Waals surface area (Å²) in [4.78, 5) is 11.8. The van der Waals surface area contributed by atoms with Crippen LogP contribution >= 0.6 is 0 Å². The zero-order valence-electron chi connectivity index (χ0n) is 21.9. The summed E-state index contributed by atoms with van der Waals surface area (Å²) in [6.07, 6.45) is -4.22. The van der Waals surface area contributed by atoms with Gasteiger partial charge in [0.15, 0.2) is 0 Å². The molecule has 0 saturated heterocycles. The molecule has 0 amide bonds. The highest BCUT2D eigenvalue weighted by molar-refractivity contribution is 6.99. The van der Waals surface area contributed by atoms with Gasteiger partial charge in [0.1, 0.15) is 0 Å². The van der Waals surface area contributed by atoms with Crippen molar-refractivity contribution in [2.45, 2.75) is 89.6 Å². The number of benzene rings is 2. The van der Waals surface area contributed by atoms with Crippen LogP contribution in [0.25, 0.3) is 0 Å². The topological polar surface area (TPSA) is 55.8 Å². The number of halogens is 3. The molecule has 0 aliphatic heterocycles. The van der Waals surface area contributed by atoms with Gasteiger partial charge in [0.2, 0.25) is 0 Å². The van der Waals surface area contributed by atoms with Crippen LogP contribution in [0.5, 0.6) is 0 Å². The summed E-state index contributed by atoms with van der Waals surface area (Å²) >= 11 is 0. The fraction of sp³-hybridized carbons (Fsp3) is 0.536. The molecule has 0 radical (unpaired) electrons. The second-order valence-electron chi connectivity index (χ2n) is 10.3. The Balaban J connectivity index is 2.12. The Morgan fingerprint density at radius 2 is 1.42 bits per heavy atom. The molecule has 200 valence electrons. The first-order valence-electron chi connectivity index (χ1n) is 12.5. The lowest BCUT2D eigenvalue weighted by Gasteiger charge is -2.44. The van der Waals surface area contributed by atoms with E-state index < -0.39 is 32.5 Å². The van der Waals surface area contributed by atoms with Crippen molar-refractivity contribution in [2.75, 3.05) is 6.61 Å². The molecule has 2 aromatic rings. The average Bonchev–Trinajstić information content (AvgIpc) is 2.82. The zero-order chi connectivity index (χ0) is 27.0. The smallest absolute Gasteiger partial charge is 0.428 e. The van der Waals surface area contributed by atoms with Crippen LogP contribution in [0.4, 0.5) is 13.2 Å². The van der Waals surface area contributed by atoms with Gasteiger partial charge in [-0.3, -0.25) is 0 Å². The molecule has 2 aromatic carbocycles. The van der Waals surface area contributed by atoms with Gasteiger partial charge >= 0.3 is 12.1 Å². The third-order valence-electron chi connectivity index (χ3n) is 6.53. The molecule has 0 fully saturated rings. The first-order valence-corrected chi connectivity index (χ1v) is 14.5. The van der Waals surface area contributed by atoms with E-state index in [0.717, 1.165) is 0 Å². The summed E-state index contributed by atoms with van der Waals surface area (Å²) in [5.41, 5.74) is -3.47. The number of unbranched alkanes of at least 4 members (excludes halogenated alkanes) is 2. The average molecular weight is 525 g/mol. The highest BCUT2D eigenvalue weighted by Gasteiger charge is 2.60. The molecule has 0 heterocycles. The third kappa shape index (κ3) is 6.78. The second-order valence-corrected chi connectivity index (χ2v) is 14.5. The monoisotopic (exact) mass is 524 g/mol. The summed E-state index contributed by atoms with van der Waals surface area (Å²) in [6.45, 7) is 9.76. The van der Waals surface area contributed by atoms with E-state index in [1.165, 1.54) is 17.3 Å². The van der Waals surface area contributed by atoms with Crippen molar-refractivity contribution in [1.82, 2.24) is 0 Å². The Labute approximate surface area is 214 Å². The molecule has 1 N–H and O–H groups in total. The van der Waals surface area contributed by atoms with E-state index in [4.69, 9.17) is 4.43 Å². The Bertz CT molecular complexity index is 905. The van der Waals surface area contributed by atoms with Crippen molar-refractivity contribution in [1.29, 1.82) is 0 Å². The minimum atomic E-state index is -5.08. The molecular formula is C28H39F3O4Si. The van der Waals surface area contributed by atoms with Crippen LogP contribution in [0.2, 0.25) is 5.04 Å². The van der Waals surface area contributed by atoms with Gasteiger partial charge in [-0.25, -0.2) is 4.79 Å². The Hall–Kier alpha value is -2.16. The Morgan fingerprint density at radius 3 is 1.83 bits per heavy atom. The van der Waals surface area contributed by atoms with E-state index in [-0.39, 0.29) is 24.2 Å². The first kappa shape index (κ1) is 30.1. The maximum absolute atomic E-state index is 13.4. The lowest BCUT2D eigenvalue weighted by molar-refractivity contribution is -0.264. The van der Waals surface area contributed by atoms with Crippen molar-refractivity contribution in [3.8, 4) is 0 Å². The number of carbonyl (C=O) groups excluding carboxylic acids is 1. The van der Waals surface area contributed by atoms with E-state index in [0.29, 0.717) is 19.3 Å². The molecule has 0 aliphatic carbocycles. The number of aliphatic hydroxyl groups is 1. The molecule has 0 spiro atoms. The maximum Gasteiger partial charge on any atom is 0.428 e. The van der Waals surface area contributed by atoms with Crippen molar-refractivity contribution in [3.05, 3.63) is 60.7 Å². The molecule has 2 rings (SSSR count). The van der Waals surface area contributed by atoms with Gasteiger partial charge in [-0.1, -0.05) is 94.3 Å². The number of carbonyl (C=O) groups is 1. The maximum atomic E-state index is 13.4. The van der Waals surface area contributed by atoms with E-state index in [1.807, 2.05) is 43.3 Å². The van der Waals surface area contributed by atoms with Crippen LogP contribution in [0.15, 0.2) is 60.7 Å². The largest absolute Gasteiger partial charge is 0.464 e. The standard InChI is InChI=1S/C28H39F3O4Si/c1-6-34-25(32)27(33,28(29,30)31)21-15-9-10-16-22(2)35-36(26(3,4)5,23-17-11-7-12-18-23)24-19-13-8-14-20-24/h7-8,11-14,17-20,22,33H,6,9-10,15-16,21H2,1-5H3/t22-,27+/m0/s1. The molecular weight excluding hydrogens is 485 g/mol. The predicted octanol–water partition coefficient (Wildman–Crippen LogP) is 5.76. The summed E-state index contributed by atoms with van der Waals surface area (Å²) in [5, 5.41) is 12.2. The summed E-state index contributed by atoms with van der Waals surface area (Å²) in [7, 11) is -2.71. The predicted molar refractivity (Wildman–Crippen MR) is 139 cm³/mol. The lowest BCUT2D eigenvalue weighted by atomic mass is 9.95. The zero-order valence-corrected chi connectivity index (χ0v) is 22.9. The van der Waals surface area contributed by atoms with Crippen LogP contribution in [-0.4, -0.2) is 43.9 Å². The molecule has 4 nitrogen and oxygen atoms in total. The van der Waals surface area contributed by atoms with Crippen LogP contribution in [0.3, 0.4) is 0 Å². The van der Waals surface area contributed by atoms with Crippen LogP contribution in [-0.2, 0) is 14.0 Å². The highest BCUT2D eigenvalue weighted by atomic mass is 28.4. The van der Waals surface area contributed by atoms with Crippen molar-refractivity contribution < 1.29 is 32.2 Å². The van der Waals surface area contributed by atoms with E-state index in [9.17, 15) is 23.1 Å². The molecule has 8 heteroatoms. The Morgan fingerprint density at radius 1 is 0.917 bits per heavy atom. The number of hydrogen-bond acceptors (Lipinski definition) is 4. The normalized spacial score (nSPS) is 15.2. The van der Waals surface area contributed by atoms with Crippen molar-refractivity contribution in [3.63, 3.8) is 0 Å². The van der Waals surface area contributed by atoms with Gasteiger partial charge in [-0.2, -0.15) is 13.2 Å². The molecule has 0 aromatic heterocycles. The fourth-order valence-electron chi connectivity index (χ4n) is 4.65. The molecule has 0 aliphatic rings. The third-order valence-corrected chi connectivity index (χ3v) is 11.7. The fourth-order valence-corrected chi connectivity index (χ4v) is 9.39. The van der Waals surface area contributed by atoms with Crippen LogP contribution in [0.1, 0.15) is 66.7 Å². The second kappa shape index (κ2) is 12.4. The van der Waals surface area contributed by atoms with Gasteiger partial charge in [0.25, 0.3) is 13.9 Å². The molecule has 0 unspecified atom stereocenters. The summed E-state index contributed by atoms with van der Waals surface area (Å²) in [5.74, 6) is -1.64. The van der Waals surface area contributed by atoms with E-state index in [2.05, 4.69) is 49.8 Å². The molecule has 36 heavy (non-hydrogen) atoms. The number of esters is 1. The van der Waals surface area contributed by atoms with Crippen molar-refractivity contribution >= 4 is 24.7 Å². The minimum absolute atomic E-state index is 0.0424. The van der Waals surface area contributed by atoms with Gasteiger partial charge in [0, 0.05) is 6.10 Å². The molecule has 0 saturated carbocycles. The number of hydrogen-bond donors (Lipinski definition) is 1. The van der Waals surface area contributed by atoms with Crippen molar-refractivity contribution in [2.24, 2.45) is 0 Å². The lowest BCUT2D eigenvalue weighted by Crippen LogP contribution is -2.67. The summed E-state index contributed by atoms with van der Waals surface area (Å²) < 4.78 is 51.6. The number of ether oxygens (including phenoxy) is 1. The van der Waals surface area contributed by atoms with E-state index >= 15 is 0 Å². The van der Waals surface area contributed by atoms with E-state index in [1.54, 1.807) is 0 Å². The van der Waals surface area contributed by atoms with Crippen LogP contribution < -0.4 is 10.4 Å². The van der Waals surface area contributed by atoms with Gasteiger partial charge in [0.05, 0.1) is 6.61 Å². The first-order chi connectivity index (χ1) is 16.8. The summed E-state index contributed by atoms with van der Waals surface area (Å²) in [6, 6.07) is 20.5. The van der Waals surface area contributed by atoms with Gasteiger partial charge < -0.3 is 14.3 Å². The minimum Gasteiger partial charge on any atom is -0.464 e. The number of rotatable bonds is 12. The number of alkyl halides is 3. The molecule has 0 bridgehead atoms. The Kier molecular flexibility index (Phi) is 10.3. The molecule has 2 atom stereocenters. The van der Waals surface area contributed by atoms with Gasteiger partial charge in [-0.15, -0.1) is 0 Å². The van der Waals surface area contributed by atoms with Crippen LogP contribution in [0, 0.1) is 0 Å². The SMILES string of the molecule is CCOC(=O)[C@](O)(CCCCC[C@H](C)O[Si](c1ccccc1)(c1ccccc1)C(C)(C)C)C(F)(F)F. The van der Waals surface area contributed by atoms with Gasteiger partial charge in [-0.05, 0) is 48.5 Å². The highest BCUT2D eigenvalue weighted by Crippen LogP contribution is 2.38. The quantitative estimate of drug-likeness (QED) is 0.218.